The number of anilines is 2. The van der Waals surface area contributed by atoms with Crippen LogP contribution in [0.2, 0.25) is 0 Å². The van der Waals surface area contributed by atoms with Crippen molar-refractivity contribution in [1.82, 2.24) is 20.3 Å². The van der Waals surface area contributed by atoms with E-state index >= 15 is 0 Å². The molecular weight excluding hydrogens is 461 g/mol. The van der Waals surface area contributed by atoms with Gasteiger partial charge in [-0.25, -0.2) is 9.37 Å². The van der Waals surface area contributed by atoms with Crippen LogP contribution in [0.15, 0.2) is 54.7 Å². The molecule has 0 saturated heterocycles. The number of pyridine rings is 2. The summed E-state index contributed by atoms with van der Waals surface area (Å²) in [5.41, 5.74) is 4.92. The van der Waals surface area contributed by atoms with Gasteiger partial charge in [-0.1, -0.05) is 12.1 Å². The first kappa shape index (κ1) is 22.1. The quantitative estimate of drug-likeness (QED) is 0.350. The van der Waals surface area contributed by atoms with Crippen molar-refractivity contribution in [2.24, 2.45) is 0 Å². The smallest absolute Gasteiger partial charge is 0.255 e. The number of hydrogen-bond acceptors (Lipinski definition) is 6. The lowest BCUT2D eigenvalue weighted by atomic mass is 9.93. The zero-order valence-electron chi connectivity index (χ0n) is 19.8. The number of aromatic nitrogens is 3. The maximum atomic E-state index is 14.5. The maximum Gasteiger partial charge on any atom is 0.255 e. The fourth-order valence-corrected chi connectivity index (χ4v) is 4.88. The molecular formula is C27H24FN5O3. The van der Waals surface area contributed by atoms with Gasteiger partial charge in [-0.15, -0.1) is 0 Å². The zero-order valence-corrected chi connectivity index (χ0v) is 19.8. The number of hydrogen-bond donors (Lipinski definition) is 3. The van der Waals surface area contributed by atoms with Crippen molar-refractivity contribution < 1.29 is 18.7 Å². The van der Waals surface area contributed by atoms with Crippen LogP contribution in [0, 0.1) is 5.82 Å². The number of allylic oxidation sites excluding steroid dienone is 1. The first-order valence-corrected chi connectivity index (χ1v) is 11.8. The summed E-state index contributed by atoms with van der Waals surface area (Å²) in [6, 6.07) is 10.1. The number of methoxy groups -OCH3 is 1. The summed E-state index contributed by atoms with van der Waals surface area (Å²) >= 11 is 0. The molecule has 0 saturated carbocycles. The third-order valence-corrected chi connectivity index (χ3v) is 6.57. The fourth-order valence-electron chi connectivity index (χ4n) is 4.88. The van der Waals surface area contributed by atoms with Crippen LogP contribution in [0.3, 0.4) is 0 Å². The number of nitrogens with one attached hydrogen (secondary N) is 3. The highest BCUT2D eigenvalue weighted by Gasteiger charge is 2.33. The molecule has 6 rings (SSSR count). The van der Waals surface area contributed by atoms with E-state index in [2.05, 4.69) is 26.7 Å². The Morgan fingerprint density at radius 2 is 2.11 bits per heavy atom. The number of rotatable bonds is 3. The van der Waals surface area contributed by atoms with E-state index in [0.717, 1.165) is 11.3 Å². The largest absolute Gasteiger partial charge is 0.492 e. The first-order chi connectivity index (χ1) is 17.5. The molecule has 2 aliphatic heterocycles. The summed E-state index contributed by atoms with van der Waals surface area (Å²) in [6.07, 6.45) is 6.27. The van der Waals surface area contributed by atoms with Crippen molar-refractivity contribution in [1.29, 1.82) is 0 Å². The summed E-state index contributed by atoms with van der Waals surface area (Å²) < 4.78 is 25.9. The van der Waals surface area contributed by atoms with Gasteiger partial charge in [0.2, 0.25) is 5.88 Å². The van der Waals surface area contributed by atoms with Crippen LogP contribution >= 0.6 is 0 Å². The van der Waals surface area contributed by atoms with Crippen LogP contribution in [0.5, 0.6) is 11.6 Å². The molecule has 1 amide bonds. The molecule has 8 nitrogen and oxygen atoms in total. The van der Waals surface area contributed by atoms with Gasteiger partial charge < -0.3 is 25.1 Å². The molecule has 0 radical (unpaired) electrons. The van der Waals surface area contributed by atoms with Crippen LogP contribution in [-0.2, 0) is 0 Å². The SMILES string of the molecule is COc1c(F)cccc1Nc1c2[nH]c3c1C(=O)NCC3C/C=C\[C@H](C)Oc1ccc3nccc-2c3n1. The topological polar surface area (TPSA) is 101 Å². The highest BCUT2D eigenvalue weighted by molar-refractivity contribution is 6.08. The van der Waals surface area contributed by atoms with E-state index in [0.29, 0.717) is 52.5 Å². The number of nitrogens with zero attached hydrogens (tertiary/aromatic N) is 2. The van der Waals surface area contributed by atoms with E-state index in [1.807, 2.05) is 25.1 Å². The van der Waals surface area contributed by atoms with Gasteiger partial charge in [0, 0.05) is 36.0 Å². The average Bonchev–Trinajstić information content (AvgIpc) is 3.25. The fraction of sp³-hybridized carbons (Fsp3) is 0.222. The number of H-pyrrole nitrogens is 1. The van der Waals surface area contributed by atoms with Gasteiger partial charge in [0.25, 0.3) is 5.91 Å². The average molecular weight is 486 g/mol. The molecule has 1 aromatic carbocycles. The first-order valence-electron chi connectivity index (χ1n) is 11.8. The van der Waals surface area contributed by atoms with Crippen molar-refractivity contribution in [2.45, 2.75) is 25.4 Å². The van der Waals surface area contributed by atoms with E-state index in [-0.39, 0.29) is 23.7 Å². The molecule has 0 spiro atoms. The second kappa shape index (κ2) is 8.67. The molecule has 0 fully saturated rings. The van der Waals surface area contributed by atoms with E-state index in [9.17, 15) is 9.18 Å². The van der Waals surface area contributed by atoms with Crippen molar-refractivity contribution in [3.8, 4) is 22.9 Å². The highest BCUT2D eigenvalue weighted by atomic mass is 19.1. The van der Waals surface area contributed by atoms with Gasteiger partial charge in [0.15, 0.2) is 11.6 Å². The number of para-hydroxylation sites is 1. The maximum absolute atomic E-state index is 14.5. The van der Waals surface area contributed by atoms with Crippen LogP contribution in [0.1, 0.15) is 35.3 Å². The number of benzene rings is 1. The Balaban J connectivity index is 1.64. The van der Waals surface area contributed by atoms with Gasteiger partial charge in [-0.2, -0.15) is 0 Å². The lowest BCUT2D eigenvalue weighted by Crippen LogP contribution is -2.34. The van der Waals surface area contributed by atoms with E-state index in [1.54, 1.807) is 24.4 Å². The monoisotopic (exact) mass is 485 g/mol. The summed E-state index contributed by atoms with van der Waals surface area (Å²) in [6.45, 7) is 2.45. The zero-order chi connectivity index (χ0) is 24.8. The predicted molar refractivity (Wildman–Crippen MR) is 134 cm³/mol. The van der Waals surface area contributed by atoms with E-state index in [1.165, 1.54) is 13.2 Å². The molecule has 2 aliphatic rings. The Labute approximate surface area is 206 Å². The van der Waals surface area contributed by atoms with Crippen LogP contribution < -0.4 is 20.1 Å². The molecule has 0 aliphatic carbocycles. The van der Waals surface area contributed by atoms with E-state index < -0.39 is 5.82 Å². The van der Waals surface area contributed by atoms with Crippen LogP contribution in [0.25, 0.3) is 22.3 Å². The number of halogens is 1. The van der Waals surface area contributed by atoms with Crippen molar-refractivity contribution in [3.63, 3.8) is 0 Å². The van der Waals surface area contributed by atoms with Gasteiger partial charge in [0.05, 0.1) is 35.3 Å². The molecule has 5 heterocycles. The Bertz CT molecular complexity index is 1530. The molecule has 2 atom stereocenters. The predicted octanol–water partition coefficient (Wildman–Crippen LogP) is 5.07. The second-order valence-corrected chi connectivity index (χ2v) is 8.88. The van der Waals surface area contributed by atoms with E-state index in [4.69, 9.17) is 14.5 Å². The van der Waals surface area contributed by atoms with Crippen molar-refractivity contribution in [3.05, 3.63) is 71.8 Å². The Morgan fingerprint density at radius 3 is 2.97 bits per heavy atom. The van der Waals surface area contributed by atoms with Crippen molar-refractivity contribution in [2.75, 3.05) is 19.0 Å². The molecule has 4 bridgehead atoms. The lowest BCUT2D eigenvalue weighted by Gasteiger charge is -2.23. The standard InChI is InChI=1S/C27H24FN5O3/c1-14-5-3-6-15-13-30-27(34)21-22(15)33-24(25(21)31-19-8-4-7-17(28)26(19)35-2)16-11-12-29-18-9-10-20(36-14)32-23(16)18/h3-5,7-12,14-15,31,33H,6,13H2,1-2H3,(H,30,34)/b5-3-/t14-,15?/m0/s1. The molecule has 3 aromatic heterocycles. The van der Waals surface area contributed by atoms with Crippen LogP contribution in [0.4, 0.5) is 15.8 Å². The summed E-state index contributed by atoms with van der Waals surface area (Å²) in [4.78, 5) is 26.0. The number of ether oxygens (including phenoxy) is 2. The normalized spacial score (nSPS) is 19.5. The number of carbonyl (C=O) groups is 1. The highest BCUT2D eigenvalue weighted by Crippen LogP contribution is 2.43. The number of carbonyl (C=O) groups excluding carboxylic acids is 1. The molecule has 182 valence electrons. The minimum Gasteiger partial charge on any atom is -0.492 e. The molecule has 9 heteroatoms. The molecule has 36 heavy (non-hydrogen) atoms. The minimum absolute atomic E-state index is 0.0130. The Hall–Kier alpha value is -4.40. The summed E-state index contributed by atoms with van der Waals surface area (Å²) in [5.74, 6) is -0.163. The van der Waals surface area contributed by atoms with Gasteiger partial charge in [-0.05, 0) is 43.7 Å². The minimum atomic E-state index is -0.505. The van der Waals surface area contributed by atoms with Gasteiger partial charge in [-0.3, -0.25) is 9.78 Å². The number of aromatic amines is 1. The Kier molecular flexibility index (Phi) is 5.32. The lowest BCUT2D eigenvalue weighted by molar-refractivity contribution is 0.0941. The van der Waals surface area contributed by atoms with Gasteiger partial charge >= 0.3 is 0 Å². The third-order valence-electron chi connectivity index (χ3n) is 6.57. The number of fused-ring (bicyclic) bond motifs is 3. The van der Waals surface area contributed by atoms with Crippen molar-refractivity contribution >= 4 is 28.3 Å². The summed E-state index contributed by atoms with van der Waals surface area (Å²) in [7, 11) is 1.41. The Morgan fingerprint density at radius 1 is 1.22 bits per heavy atom. The van der Waals surface area contributed by atoms with Crippen LogP contribution in [-0.4, -0.2) is 40.6 Å². The van der Waals surface area contributed by atoms with Gasteiger partial charge in [0.1, 0.15) is 11.6 Å². The molecule has 4 aromatic rings. The number of amides is 1. The molecule has 1 unspecified atom stereocenters. The summed E-state index contributed by atoms with van der Waals surface area (Å²) in [5, 5.41) is 6.30. The molecule has 3 N–H and O–H groups in total. The second-order valence-electron chi connectivity index (χ2n) is 8.88. The third kappa shape index (κ3) is 3.64.